The van der Waals surface area contributed by atoms with E-state index in [9.17, 15) is 4.79 Å². The normalized spacial score (nSPS) is 17.5. The van der Waals surface area contributed by atoms with Crippen LogP contribution in [0.2, 0.25) is 5.02 Å². The van der Waals surface area contributed by atoms with Crippen LogP contribution >= 0.6 is 11.6 Å². The molecule has 8 heteroatoms. The monoisotopic (exact) mass is 284 g/mol. The maximum absolute atomic E-state index is 11.8. The summed E-state index contributed by atoms with van der Waals surface area (Å²) in [5.41, 5.74) is 6.35. The first kappa shape index (κ1) is 12.3. The summed E-state index contributed by atoms with van der Waals surface area (Å²) in [6.07, 6.45) is 0. The van der Waals surface area contributed by atoms with E-state index in [2.05, 4.69) is 21.5 Å². The summed E-state index contributed by atoms with van der Waals surface area (Å²) in [6, 6.07) is 3.01. The number of hydrogen-bond donors (Lipinski definition) is 4. The summed E-state index contributed by atoms with van der Waals surface area (Å²) in [5, 5.41) is 5.91. The molecule has 0 aromatic heterocycles. The van der Waals surface area contributed by atoms with E-state index in [0.717, 1.165) is 0 Å². The number of fused-ring (bicyclic) bond motifs is 1. The standard InChI is InChI=1S/C11H13ClN4O3/c12-7-1-9-10(19-5-18-9)2-8(7)16-11(17)15-6-3-13-14-4-6/h1-2,6,13-14H,3-5H2,(H2,15,16,17). The predicted octanol–water partition coefficient (Wildman–Crippen LogP) is 0.667. The van der Waals surface area contributed by atoms with Crippen LogP contribution in [0.1, 0.15) is 0 Å². The molecule has 0 unspecified atom stereocenters. The van der Waals surface area contributed by atoms with Gasteiger partial charge in [-0.05, 0) is 0 Å². The van der Waals surface area contributed by atoms with Crippen molar-refractivity contribution in [3.8, 4) is 11.5 Å². The molecule has 2 aliphatic heterocycles. The van der Waals surface area contributed by atoms with Gasteiger partial charge in [-0.1, -0.05) is 11.6 Å². The second-order valence-electron chi connectivity index (χ2n) is 4.24. The number of hydrazine groups is 1. The molecular formula is C11H13ClN4O3. The molecule has 0 aliphatic carbocycles. The quantitative estimate of drug-likeness (QED) is 0.641. The van der Waals surface area contributed by atoms with Crippen molar-refractivity contribution in [2.75, 3.05) is 25.2 Å². The molecule has 4 N–H and O–H groups in total. The minimum atomic E-state index is -0.309. The zero-order valence-corrected chi connectivity index (χ0v) is 10.7. The Morgan fingerprint density at radius 2 is 1.95 bits per heavy atom. The van der Waals surface area contributed by atoms with Crippen LogP contribution in [-0.4, -0.2) is 32.0 Å². The Labute approximate surface area is 114 Å². The largest absolute Gasteiger partial charge is 0.454 e. The molecule has 2 amide bonds. The molecule has 19 heavy (non-hydrogen) atoms. The van der Waals surface area contributed by atoms with Crippen LogP contribution in [0.15, 0.2) is 12.1 Å². The molecule has 1 aromatic rings. The number of hydrogen-bond acceptors (Lipinski definition) is 5. The van der Waals surface area contributed by atoms with Gasteiger partial charge in [0.15, 0.2) is 11.5 Å². The topological polar surface area (TPSA) is 83.7 Å². The molecule has 1 saturated heterocycles. The van der Waals surface area contributed by atoms with Gasteiger partial charge < -0.3 is 20.1 Å². The van der Waals surface area contributed by atoms with Crippen molar-refractivity contribution < 1.29 is 14.3 Å². The summed E-state index contributed by atoms with van der Waals surface area (Å²) in [5.74, 6) is 1.16. The van der Waals surface area contributed by atoms with Crippen LogP contribution in [0.4, 0.5) is 10.5 Å². The zero-order valence-electron chi connectivity index (χ0n) is 9.96. The van der Waals surface area contributed by atoms with Gasteiger partial charge in [-0.25, -0.2) is 4.79 Å². The van der Waals surface area contributed by atoms with E-state index in [1.54, 1.807) is 12.1 Å². The van der Waals surface area contributed by atoms with E-state index in [4.69, 9.17) is 21.1 Å². The van der Waals surface area contributed by atoms with E-state index in [1.165, 1.54) is 0 Å². The highest BCUT2D eigenvalue weighted by Gasteiger charge is 2.19. The Morgan fingerprint density at radius 3 is 2.68 bits per heavy atom. The summed E-state index contributed by atoms with van der Waals surface area (Å²) >= 11 is 6.07. The number of benzene rings is 1. The fraction of sp³-hybridized carbons (Fsp3) is 0.364. The molecule has 0 spiro atoms. The van der Waals surface area contributed by atoms with Gasteiger partial charge in [0, 0.05) is 25.2 Å². The fourth-order valence-electron chi connectivity index (χ4n) is 1.92. The summed E-state index contributed by atoms with van der Waals surface area (Å²) in [6.45, 7) is 1.53. The van der Waals surface area contributed by atoms with Gasteiger partial charge in [0.1, 0.15) is 0 Å². The highest BCUT2D eigenvalue weighted by atomic mass is 35.5. The van der Waals surface area contributed by atoms with Crippen LogP contribution in [0.25, 0.3) is 0 Å². The number of carbonyl (C=O) groups is 1. The van der Waals surface area contributed by atoms with Crippen molar-refractivity contribution in [3.05, 3.63) is 17.2 Å². The highest BCUT2D eigenvalue weighted by molar-refractivity contribution is 6.34. The molecule has 2 heterocycles. The van der Waals surface area contributed by atoms with Crippen molar-refractivity contribution in [1.82, 2.24) is 16.2 Å². The van der Waals surface area contributed by atoms with Gasteiger partial charge in [0.2, 0.25) is 6.79 Å². The van der Waals surface area contributed by atoms with E-state index in [0.29, 0.717) is 35.3 Å². The third-order valence-electron chi connectivity index (χ3n) is 2.87. The van der Waals surface area contributed by atoms with Gasteiger partial charge in [0.05, 0.1) is 16.8 Å². The molecule has 0 radical (unpaired) electrons. The maximum atomic E-state index is 11.8. The minimum Gasteiger partial charge on any atom is -0.454 e. The van der Waals surface area contributed by atoms with Gasteiger partial charge in [0.25, 0.3) is 0 Å². The first-order valence-corrected chi connectivity index (χ1v) is 6.22. The molecule has 0 atom stereocenters. The highest BCUT2D eigenvalue weighted by Crippen LogP contribution is 2.39. The molecule has 3 rings (SSSR count). The predicted molar refractivity (Wildman–Crippen MR) is 69.5 cm³/mol. The lowest BCUT2D eigenvalue weighted by molar-refractivity contribution is 0.174. The lowest BCUT2D eigenvalue weighted by atomic mass is 10.2. The average Bonchev–Trinajstić information content (AvgIpc) is 3.00. The Hall–Kier alpha value is -1.70. The minimum absolute atomic E-state index is 0.0489. The van der Waals surface area contributed by atoms with Gasteiger partial charge >= 0.3 is 6.03 Å². The van der Waals surface area contributed by atoms with Crippen LogP contribution < -0.4 is 31.0 Å². The number of ether oxygens (including phenoxy) is 2. The Morgan fingerprint density at radius 1 is 1.26 bits per heavy atom. The molecule has 2 aliphatic rings. The van der Waals surface area contributed by atoms with E-state index < -0.39 is 0 Å². The van der Waals surface area contributed by atoms with Gasteiger partial charge in [-0.3, -0.25) is 10.9 Å². The number of halogens is 1. The molecule has 0 saturated carbocycles. The number of anilines is 1. The lowest BCUT2D eigenvalue weighted by Gasteiger charge is -2.13. The van der Waals surface area contributed by atoms with Crippen LogP contribution in [-0.2, 0) is 0 Å². The number of rotatable bonds is 2. The molecule has 1 fully saturated rings. The van der Waals surface area contributed by atoms with Crippen LogP contribution in [0.5, 0.6) is 11.5 Å². The molecule has 1 aromatic carbocycles. The fourth-order valence-corrected chi connectivity index (χ4v) is 2.12. The first-order chi connectivity index (χ1) is 9.22. The second kappa shape index (κ2) is 5.12. The van der Waals surface area contributed by atoms with Crippen LogP contribution in [0.3, 0.4) is 0 Å². The third kappa shape index (κ3) is 2.67. The van der Waals surface area contributed by atoms with E-state index in [-0.39, 0.29) is 18.9 Å². The smallest absolute Gasteiger partial charge is 0.319 e. The third-order valence-corrected chi connectivity index (χ3v) is 3.18. The number of amides is 2. The van der Waals surface area contributed by atoms with E-state index >= 15 is 0 Å². The molecule has 102 valence electrons. The average molecular weight is 285 g/mol. The first-order valence-electron chi connectivity index (χ1n) is 5.85. The summed E-state index contributed by atoms with van der Waals surface area (Å²) in [7, 11) is 0. The van der Waals surface area contributed by atoms with E-state index in [1.807, 2.05) is 0 Å². The Balaban J connectivity index is 1.67. The van der Waals surface area contributed by atoms with Crippen molar-refractivity contribution in [2.24, 2.45) is 0 Å². The Bertz CT molecular complexity index is 505. The lowest BCUT2D eigenvalue weighted by Crippen LogP contribution is -2.40. The molecule has 7 nitrogen and oxygen atoms in total. The zero-order chi connectivity index (χ0) is 13.2. The van der Waals surface area contributed by atoms with Crippen molar-refractivity contribution in [1.29, 1.82) is 0 Å². The van der Waals surface area contributed by atoms with Crippen LogP contribution in [0, 0.1) is 0 Å². The van der Waals surface area contributed by atoms with Crippen molar-refractivity contribution in [3.63, 3.8) is 0 Å². The molecular weight excluding hydrogens is 272 g/mol. The SMILES string of the molecule is O=C(Nc1cc2c(cc1Cl)OCO2)NC1CNNC1. The van der Waals surface area contributed by atoms with Gasteiger partial charge in [-0.15, -0.1) is 0 Å². The van der Waals surface area contributed by atoms with Crippen molar-refractivity contribution >= 4 is 23.3 Å². The number of nitrogens with one attached hydrogen (secondary N) is 4. The van der Waals surface area contributed by atoms with Gasteiger partial charge in [-0.2, -0.15) is 0 Å². The summed E-state index contributed by atoms with van der Waals surface area (Å²) in [4.78, 5) is 11.8. The summed E-state index contributed by atoms with van der Waals surface area (Å²) < 4.78 is 10.4. The Kier molecular flexibility index (Phi) is 3.33. The second-order valence-corrected chi connectivity index (χ2v) is 4.65. The number of urea groups is 1. The molecule has 0 bridgehead atoms. The maximum Gasteiger partial charge on any atom is 0.319 e. The van der Waals surface area contributed by atoms with Crippen molar-refractivity contribution in [2.45, 2.75) is 6.04 Å². The number of carbonyl (C=O) groups excluding carboxylic acids is 1.